The van der Waals surface area contributed by atoms with Crippen molar-refractivity contribution in [2.75, 3.05) is 18.0 Å². The van der Waals surface area contributed by atoms with Gasteiger partial charge in [-0.05, 0) is 37.3 Å². The Morgan fingerprint density at radius 1 is 1.32 bits per heavy atom. The molecule has 1 aromatic rings. The summed E-state index contributed by atoms with van der Waals surface area (Å²) in [5, 5.41) is 0. The first-order valence-corrected chi connectivity index (χ1v) is 7.49. The maximum atomic E-state index is 4.55. The minimum atomic E-state index is 0.861. The first kappa shape index (κ1) is 13.9. The standard InChI is InChI=1S/C17H24N2/c1-3-4-5-6-7-16-8-9-17(18-14-16)19-12-10-15(2)11-13-19/h8-9,14-15H,3-5,10-13H2,1-2H3. The van der Waals surface area contributed by atoms with Crippen LogP contribution in [-0.4, -0.2) is 18.1 Å². The smallest absolute Gasteiger partial charge is 0.128 e. The Labute approximate surface area is 117 Å². The molecule has 0 bridgehead atoms. The number of nitrogens with zero attached hydrogens (tertiary/aromatic N) is 2. The molecule has 2 heteroatoms. The third-order valence-corrected chi connectivity index (χ3v) is 3.74. The quantitative estimate of drug-likeness (QED) is 0.603. The van der Waals surface area contributed by atoms with E-state index in [1.54, 1.807) is 0 Å². The normalized spacial score (nSPS) is 16.0. The van der Waals surface area contributed by atoms with Crippen LogP contribution < -0.4 is 4.90 Å². The minimum Gasteiger partial charge on any atom is -0.357 e. The van der Waals surface area contributed by atoms with Crippen molar-refractivity contribution in [3.63, 3.8) is 0 Å². The van der Waals surface area contributed by atoms with Crippen LogP contribution in [-0.2, 0) is 0 Å². The van der Waals surface area contributed by atoms with Crippen LogP contribution in [0.25, 0.3) is 0 Å². The van der Waals surface area contributed by atoms with Crippen molar-refractivity contribution in [1.82, 2.24) is 4.98 Å². The van der Waals surface area contributed by atoms with Gasteiger partial charge in [0.25, 0.3) is 0 Å². The highest BCUT2D eigenvalue weighted by atomic mass is 15.2. The Morgan fingerprint density at radius 3 is 2.74 bits per heavy atom. The first-order chi connectivity index (χ1) is 9.29. The maximum Gasteiger partial charge on any atom is 0.128 e. The van der Waals surface area contributed by atoms with Crippen molar-refractivity contribution < 1.29 is 0 Å². The van der Waals surface area contributed by atoms with Crippen LogP contribution in [0.2, 0.25) is 0 Å². The molecule has 1 saturated heterocycles. The van der Waals surface area contributed by atoms with Crippen molar-refractivity contribution in [3.8, 4) is 11.8 Å². The molecular formula is C17H24N2. The summed E-state index contributed by atoms with van der Waals surface area (Å²) in [6.45, 7) is 6.79. The highest BCUT2D eigenvalue weighted by Gasteiger charge is 2.16. The molecule has 19 heavy (non-hydrogen) atoms. The number of unbranched alkanes of at least 4 members (excludes halogenated alkanes) is 2. The summed E-state index contributed by atoms with van der Waals surface area (Å²) in [7, 11) is 0. The molecule has 0 amide bonds. The number of piperidine rings is 1. The van der Waals surface area contributed by atoms with Crippen LogP contribution >= 0.6 is 0 Å². The second-order valence-corrected chi connectivity index (χ2v) is 5.48. The van der Waals surface area contributed by atoms with Gasteiger partial charge in [0, 0.05) is 31.3 Å². The zero-order valence-corrected chi connectivity index (χ0v) is 12.2. The third-order valence-electron chi connectivity index (χ3n) is 3.74. The Hall–Kier alpha value is -1.49. The van der Waals surface area contributed by atoms with Gasteiger partial charge < -0.3 is 4.90 Å². The van der Waals surface area contributed by atoms with Crippen molar-refractivity contribution in [1.29, 1.82) is 0 Å². The molecule has 2 heterocycles. The fraction of sp³-hybridized carbons (Fsp3) is 0.588. The molecule has 102 valence electrons. The van der Waals surface area contributed by atoms with Crippen LogP contribution in [0.15, 0.2) is 18.3 Å². The third kappa shape index (κ3) is 4.28. The summed E-state index contributed by atoms with van der Waals surface area (Å²) >= 11 is 0. The van der Waals surface area contributed by atoms with E-state index < -0.39 is 0 Å². The van der Waals surface area contributed by atoms with Gasteiger partial charge in [0.1, 0.15) is 5.82 Å². The lowest BCUT2D eigenvalue weighted by Crippen LogP contribution is -2.33. The van der Waals surface area contributed by atoms with Crippen LogP contribution in [0, 0.1) is 17.8 Å². The summed E-state index contributed by atoms with van der Waals surface area (Å²) in [6.07, 6.45) is 7.85. The van der Waals surface area contributed by atoms with Crippen molar-refractivity contribution >= 4 is 5.82 Å². The number of aromatic nitrogens is 1. The Kier molecular flexibility index (Phi) is 5.27. The Morgan fingerprint density at radius 2 is 2.11 bits per heavy atom. The summed E-state index contributed by atoms with van der Waals surface area (Å²) in [6, 6.07) is 4.21. The number of rotatable bonds is 3. The van der Waals surface area contributed by atoms with Gasteiger partial charge in [-0.3, -0.25) is 0 Å². The van der Waals surface area contributed by atoms with E-state index in [4.69, 9.17) is 0 Å². The van der Waals surface area contributed by atoms with Crippen LogP contribution in [0.1, 0.15) is 51.5 Å². The van der Waals surface area contributed by atoms with Gasteiger partial charge in [0.05, 0.1) is 0 Å². The van der Waals surface area contributed by atoms with E-state index in [0.29, 0.717) is 0 Å². The first-order valence-electron chi connectivity index (χ1n) is 7.49. The number of anilines is 1. The average molecular weight is 256 g/mol. The summed E-state index contributed by atoms with van der Waals surface area (Å²) in [5.74, 6) is 8.35. The molecule has 2 nitrogen and oxygen atoms in total. The lowest BCUT2D eigenvalue weighted by atomic mass is 9.99. The second kappa shape index (κ2) is 7.19. The van der Waals surface area contributed by atoms with Gasteiger partial charge in [0.15, 0.2) is 0 Å². The van der Waals surface area contributed by atoms with Crippen molar-refractivity contribution in [2.24, 2.45) is 5.92 Å². The van der Waals surface area contributed by atoms with Crippen molar-refractivity contribution in [2.45, 2.75) is 46.0 Å². The van der Waals surface area contributed by atoms with Gasteiger partial charge in [-0.15, -0.1) is 0 Å². The number of hydrogen-bond acceptors (Lipinski definition) is 2. The molecule has 2 rings (SSSR count). The zero-order chi connectivity index (χ0) is 13.5. The van der Waals surface area contributed by atoms with Gasteiger partial charge in [-0.1, -0.05) is 32.1 Å². The number of pyridine rings is 1. The fourth-order valence-corrected chi connectivity index (χ4v) is 2.31. The van der Waals surface area contributed by atoms with E-state index in [9.17, 15) is 0 Å². The Balaban J connectivity index is 1.92. The zero-order valence-electron chi connectivity index (χ0n) is 12.2. The van der Waals surface area contributed by atoms with E-state index in [0.717, 1.165) is 36.8 Å². The van der Waals surface area contributed by atoms with Gasteiger partial charge in [0.2, 0.25) is 0 Å². The topological polar surface area (TPSA) is 16.1 Å². The molecule has 1 aliphatic rings. The van der Waals surface area contributed by atoms with Gasteiger partial charge in [-0.2, -0.15) is 0 Å². The second-order valence-electron chi connectivity index (χ2n) is 5.48. The molecule has 1 aromatic heterocycles. The minimum absolute atomic E-state index is 0.861. The summed E-state index contributed by atoms with van der Waals surface area (Å²) < 4.78 is 0. The van der Waals surface area contributed by atoms with Gasteiger partial charge >= 0.3 is 0 Å². The molecule has 0 saturated carbocycles. The largest absolute Gasteiger partial charge is 0.357 e. The molecule has 0 radical (unpaired) electrons. The van der Waals surface area contributed by atoms with E-state index in [2.05, 4.69) is 47.7 Å². The molecular weight excluding hydrogens is 232 g/mol. The molecule has 1 fully saturated rings. The molecule has 0 aromatic carbocycles. The lowest BCUT2D eigenvalue weighted by Gasteiger charge is -2.31. The van der Waals surface area contributed by atoms with Crippen LogP contribution in [0.3, 0.4) is 0 Å². The lowest BCUT2D eigenvalue weighted by molar-refractivity contribution is 0.436. The molecule has 0 atom stereocenters. The van der Waals surface area contributed by atoms with Crippen LogP contribution in [0.5, 0.6) is 0 Å². The predicted molar refractivity (Wildman–Crippen MR) is 81.3 cm³/mol. The van der Waals surface area contributed by atoms with E-state index in [-0.39, 0.29) is 0 Å². The molecule has 0 unspecified atom stereocenters. The maximum absolute atomic E-state index is 4.55. The molecule has 1 aliphatic heterocycles. The molecule has 0 N–H and O–H groups in total. The van der Waals surface area contributed by atoms with Crippen molar-refractivity contribution in [3.05, 3.63) is 23.9 Å². The Bertz CT molecular complexity index is 431. The highest BCUT2D eigenvalue weighted by Crippen LogP contribution is 2.21. The SMILES string of the molecule is CCCCC#Cc1ccc(N2CCC(C)CC2)nc1. The number of hydrogen-bond donors (Lipinski definition) is 0. The van der Waals surface area contributed by atoms with E-state index in [1.165, 1.54) is 25.7 Å². The highest BCUT2D eigenvalue weighted by molar-refractivity contribution is 5.43. The fourth-order valence-electron chi connectivity index (χ4n) is 2.31. The van der Waals surface area contributed by atoms with E-state index >= 15 is 0 Å². The average Bonchev–Trinajstić information content (AvgIpc) is 2.45. The van der Waals surface area contributed by atoms with Gasteiger partial charge in [-0.25, -0.2) is 4.98 Å². The predicted octanol–water partition coefficient (Wildman–Crippen LogP) is 3.86. The van der Waals surface area contributed by atoms with E-state index in [1.807, 2.05) is 6.20 Å². The summed E-state index contributed by atoms with van der Waals surface area (Å²) in [4.78, 5) is 6.93. The monoisotopic (exact) mass is 256 g/mol. The molecule has 0 aliphatic carbocycles. The van der Waals surface area contributed by atoms with Crippen LogP contribution in [0.4, 0.5) is 5.82 Å². The molecule has 0 spiro atoms. The summed E-state index contributed by atoms with van der Waals surface area (Å²) in [5.41, 5.74) is 1.03.